The highest BCUT2D eigenvalue weighted by molar-refractivity contribution is 5.90. The van der Waals surface area contributed by atoms with E-state index in [-0.39, 0.29) is 24.1 Å². The Labute approximate surface area is 122 Å². The summed E-state index contributed by atoms with van der Waals surface area (Å²) in [6.45, 7) is 1.97. The summed E-state index contributed by atoms with van der Waals surface area (Å²) >= 11 is 0. The van der Waals surface area contributed by atoms with Gasteiger partial charge in [0.05, 0.1) is 17.8 Å². The first-order valence-electron chi connectivity index (χ1n) is 6.28. The first kappa shape index (κ1) is 16.4. The number of carboxylic acid groups (broad SMARTS) is 1. The number of aromatic nitrogens is 1. The van der Waals surface area contributed by atoms with Crippen LogP contribution in [0.1, 0.15) is 17.4 Å². The molecule has 1 rings (SSSR count). The Bertz CT molecular complexity index is 529. The van der Waals surface area contributed by atoms with E-state index in [1.165, 1.54) is 30.3 Å². The predicted molar refractivity (Wildman–Crippen MR) is 76.1 cm³/mol. The lowest BCUT2D eigenvalue weighted by atomic mass is 10.1. The Balaban J connectivity index is 2.59. The van der Waals surface area contributed by atoms with E-state index in [0.717, 1.165) is 0 Å². The molecule has 114 valence electrons. The lowest BCUT2D eigenvalue weighted by Crippen LogP contribution is -2.39. The summed E-state index contributed by atoms with van der Waals surface area (Å²) in [4.78, 5) is 39.0. The third-order valence-corrected chi connectivity index (χ3v) is 2.82. The number of anilines is 1. The summed E-state index contributed by atoms with van der Waals surface area (Å²) in [6, 6.07) is 2.34. The van der Waals surface area contributed by atoms with Gasteiger partial charge in [-0.2, -0.15) is 0 Å². The van der Waals surface area contributed by atoms with Crippen molar-refractivity contribution in [3.63, 3.8) is 0 Å². The van der Waals surface area contributed by atoms with Gasteiger partial charge in [-0.3, -0.25) is 4.79 Å². The van der Waals surface area contributed by atoms with Crippen molar-refractivity contribution >= 4 is 23.6 Å². The van der Waals surface area contributed by atoms with Crippen molar-refractivity contribution in [2.45, 2.75) is 6.92 Å². The molecule has 21 heavy (non-hydrogen) atoms. The summed E-state index contributed by atoms with van der Waals surface area (Å²) in [5, 5.41) is 13.8. The Kier molecular flexibility index (Phi) is 5.65. The lowest BCUT2D eigenvalue weighted by Gasteiger charge is -2.21. The maximum atomic E-state index is 11.9. The summed E-state index contributed by atoms with van der Waals surface area (Å²) < 4.78 is 0. The molecular weight excluding hydrogens is 276 g/mol. The molecule has 1 atom stereocenters. The highest BCUT2D eigenvalue weighted by Gasteiger charge is 2.17. The van der Waals surface area contributed by atoms with Crippen molar-refractivity contribution in [2.75, 3.05) is 26.0 Å². The molecular formula is C13H18N4O4. The average Bonchev–Trinajstić information content (AvgIpc) is 2.46. The van der Waals surface area contributed by atoms with Crippen LogP contribution in [-0.2, 0) is 4.79 Å². The third kappa shape index (κ3) is 4.75. The van der Waals surface area contributed by atoms with Crippen molar-refractivity contribution in [3.8, 4) is 0 Å². The van der Waals surface area contributed by atoms with Crippen LogP contribution in [-0.4, -0.2) is 53.5 Å². The van der Waals surface area contributed by atoms with Crippen LogP contribution in [0, 0.1) is 5.92 Å². The molecule has 0 saturated carbocycles. The van der Waals surface area contributed by atoms with Gasteiger partial charge in [-0.25, -0.2) is 14.6 Å². The fourth-order valence-electron chi connectivity index (χ4n) is 1.64. The molecule has 0 radical (unpaired) electrons. The molecule has 1 aromatic heterocycles. The second-order valence-electron chi connectivity index (χ2n) is 4.56. The largest absolute Gasteiger partial charge is 0.477 e. The summed E-state index contributed by atoms with van der Waals surface area (Å²) in [6.07, 6.45) is 1.26. The monoisotopic (exact) mass is 294 g/mol. The molecule has 0 spiro atoms. The van der Waals surface area contributed by atoms with Gasteiger partial charge in [0.1, 0.15) is 5.69 Å². The normalized spacial score (nSPS) is 11.4. The Hall–Kier alpha value is -2.64. The molecule has 1 heterocycles. The van der Waals surface area contributed by atoms with Gasteiger partial charge >= 0.3 is 12.0 Å². The van der Waals surface area contributed by atoms with Crippen molar-refractivity contribution < 1.29 is 19.5 Å². The minimum Gasteiger partial charge on any atom is -0.477 e. The Morgan fingerprint density at radius 1 is 1.38 bits per heavy atom. The molecule has 0 fully saturated rings. The number of urea groups is 1. The number of hydrogen-bond acceptors (Lipinski definition) is 4. The van der Waals surface area contributed by atoms with Crippen molar-refractivity contribution in [2.24, 2.45) is 5.92 Å². The quantitative estimate of drug-likeness (QED) is 0.737. The number of carbonyl (C=O) groups is 3. The Morgan fingerprint density at radius 3 is 2.52 bits per heavy atom. The molecule has 0 aliphatic rings. The van der Waals surface area contributed by atoms with Crippen LogP contribution in [0.3, 0.4) is 0 Å². The fourth-order valence-corrected chi connectivity index (χ4v) is 1.64. The minimum absolute atomic E-state index is 0.102. The lowest BCUT2D eigenvalue weighted by molar-refractivity contribution is -0.124. The number of amides is 3. The topological polar surface area (TPSA) is 112 Å². The van der Waals surface area contributed by atoms with Gasteiger partial charge in [-0.15, -0.1) is 0 Å². The molecule has 0 aliphatic carbocycles. The molecule has 8 heteroatoms. The van der Waals surface area contributed by atoms with E-state index in [2.05, 4.69) is 15.6 Å². The molecule has 0 aliphatic heterocycles. The van der Waals surface area contributed by atoms with Gasteiger partial charge in [-0.1, -0.05) is 6.92 Å². The smallest absolute Gasteiger partial charge is 0.354 e. The second kappa shape index (κ2) is 7.22. The van der Waals surface area contributed by atoms with E-state index in [1.54, 1.807) is 14.0 Å². The minimum atomic E-state index is -1.13. The van der Waals surface area contributed by atoms with E-state index >= 15 is 0 Å². The summed E-state index contributed by atoms with van der Waals surface area (Å²) in [5.41, 5.74) is 0.277. The van der Waals surface area contributed by atoms with E-state index < -0.39 is 12.0 Å². The number of hydrogen-bond donors (Lipinski definition) is 3. The van der Waals surface area contributed by atoms with Gasteiger partial charge < -0.3 is 20.6 Å². The second-order valence-corrected chi connectivity index (χ2v) is 4.56. The van der Waals surface area contributed by atoms with Gasteiger partial charge in [0.2, 0.25) is 5.91 Å². The van der Waals surface area contributed by atoms with E-state index in [4.69, 9.17) is 5.11 Å². The van der Waals surface area contributed by atoms with E-state index in [0.29, 0.717) is 5.69 Å². The number of carboxylic acids is 1. The zero-order valence-corrected chi connectivity index (χ0v) is 12.1. The molecule has 0 aromatic carbocycles. The standard InChI is InChI=1S/C13H18N4O4/c1-8(11(18)14-2)7-17(3)13(21)16-9-4-5-10(12(19)20)15-6-9/h4-6,8H,7H2,1-3H3,(H,14,18)(H,16,21)(H,19,20). The average molecular weight is 294 g/mol. The number of aromatic carboxylic acids is 1. The van der Waals surface area contributed by atoms with Crippen LogP contribution < -0.4 is 10.6 Å². The zero-order chi connectivity index (χ0) is 16.0. The number of carbonyl (C=O) groups excluding carboxylic acids is 2. The number of nitrogens with one attached hydrogen (secondary N) is 2. The Morgan fingerprint density at radius 2 is 2.05 bits per heavy atom. The van der Waals surface area contributed by atoms with E-state index in [9.17, 15) is 14.4 Å². The van der Waals surface area contributed by atoms with Crippen molar-refractivity contribution in [3.05, 3.63) is 24.0 Å². The van der Waals surface area contributed by atoms with Gasteiger partial charge in [0.15, 0.2) is 0 Å². The fraction of sp³-hybridized carbons (Fsp3) is 0.385. The zero-order valence-electron chi connectivity index (χ0n) is 12.1. The van der Waals surface area contributed by atoms with Crippen LogP contribution in [0.5, 0.6) is 0 Å². The first-order valence-corrected chi connectivity index (χ1v) is 6.28. The molecule has 8 nitrogen and oxygen atoms in total. The van der Waals surface area contributed by atoms with Crippen LogP contribution in [0.25, 0.3) is 0 Å². The van der Waals surface area contributed by atoms with Crippen molar-refractivity contribution in [1.82, 2.24) is 15.2 Å². The highest BCUT2D eigenvalue weighted by Crippen LogP contribution is 2.08. The van der Waals surface area contributed by atoms with Gasteiger partial charge in [0, 0.05) is 20.6 Å². The molecule has 3 amide bonds. The van der Waals surface area contributed by atoms with Crippen LogP contribution in [0.15, 0.2) is 18.3 Å². The maximum absolute atomic E-state index is 11.9. The van der Waals surface area contributed by atoms with Crippen LogP contribution >= 0.6 is 0 Å². The molecule has 1 aromatic rings. The first-order chi connectivity index (χ1) is 9.85. The van der Waals surface area contributed by atoms with Crippen LogP contribution in [0.4, 0.5) is 10.5 Å². The van der Waals surface area contributed by atoms with E-state index in [1.807, 2.05) is 0 Å². The SMILES string of the molecule is CNC(=O)C(C)CN(C)C(=O)Nc1ccc(C(=O)O)nc1. The molecule has 3 N–H and O–H groups in total. The highest BCUT2D eigenvalue weighted by atomic mass is 16.4. The maximum Gasteiger partial charge on any atom is 0.354 e. The number of nitrogens with zero attached hydrogens (tertiary/aromatic N) is 2. The van der Waals surface area contributed by atoms with Crippen LogP contribution in [0.2, 0.25) is 0 Å². The number of pyridine rings is 1. The number of rotatable bonds is 5. The molecule has 1 unspecified atom stereocenters. The third-order valence-electron chi connectivity index (χ3n) is 2.82. The molecule has 0 bridgehead atoms. The predicted octanol–water partition coefficient (Wildman–Crippen LogP) is 0.626. The summed E-state index contributed by atoms with van der Waals surface area (Å²) in [5.74, 6) is -1.62. The van der Waals surface area contributed by atoms with Crippen molar-refractivity contribution in [1.29, 1.82) is 0 Å². The van der Waals surface area contributed by atoms with Gasteiger partial charge in [0.25, 0.3) is 0 Å². The molecule has 0 saturated heterocycles. The van der Waals surface area contributed by atoms with Gasteiger partial charge in [-0.05, 0) is 12.1 Å². The summed E-state index contributed by atoms with van der Waals surface area (Å²) in [7, 11) is 3.10.